The van der Waals surface area contributed by atoms with E-state index in [4.69, 9.17) is 9.47 Å². The van der Waals surface area contributed by atoms with Crippen molar-refractivity contribution in [3.05, 3.63) is 65.9 Å². The Morgan fingerprint density at radius 1 is 1.04 bits per heavy atom. The van der Waals surface area contributed by atoms with E-state index in [9.17, 15) is 10.1 Å². The number of carbonyl (C=O) groups excluding carboxylic acids is 1. The Balaban J connectivity index is 1.85. The largest absolute Gasteiger partial charge is 0.497 e. The third kappa shape index (κ3) is 5.56. The number of amides is 1. The van der Waals surface area contributed by atoms with Crippen LogP contribution >= 0.6 is 0 Å². The van der Waals surface area contributed by atoms with Crippen LogP contribution in [0.2, 0.25) is 0 Å². The van der Waals surface area contributed by atoms with E-state index >= 15 is 0 Å². The minimum absolute atomic E-state index is 0.00977. The highest BCUT2D eigenvalue weighted by molar-refractivity contribution is 5.97. The minimum atomic E-state index is -0.415. The van der Waals surface area contributed by atoms with Crippen LogP contribution in [0.25, 0.3) is 0 Å². The van der Waals surface area contributed by atoms with Crippen LogP contribution in [0.3, 0.4) is 0 Å². The molecule has 0 radical (unpaired) electrons. The van der Waals surface area contributed by atoms with Crippen LogP contribution in [0.1, 0.15) is 5.56 Å². The second kappa shape index (κ2) is 9.74. The van der Waals surface area contributed by atoms with E-state index in [2.05, 4.69) is 10.6 Å². The molecule has 0 aliphatic carbocycles. The molecule has 6 nitrogen and oxygen atoms in total. The molecule has 0 saturated carbocycles. The zero-order chi connectivity index (χ0) is 18.8. The maximum Gasteiger partial charge on any atom is 0.263 e. The number of nitrogens with one attached hydrogen (secondary N) is 2. The Morgan fingerprint density at radius 2 is 1.62 bits per heavy atom. The van der Waals surface area contributed by atoms with Crippen LogP contribution in [0, 0.1) is 11.3 Å². The molecule has 0 aliphatic heterocycles. The highest BCUT2D eigenvalue weighted by atomic mass is 16.5. The summed E-state index contributed by atoms with van der Waals surface area (Å²) in [6.07, 6.45) is 2.06. The second-order valence-corrected chi connectivity index (χ2v) is 5.40. The lowest BCUT2D eigenvalue weighted by molar-refractivity contribution is -0.117. The summed E-state index contributed by atoms with van der Waals surface area (Å²) in [6.45, 7) is 0.437. The van der Waals surface area contributed by atoms with Crippen molar-refractivity contribution in [2.24, 2.45) is 0 Å². The van der Waals surface area contributed by atoms with Gasteiger partial charge in [-0.3, -0.25) is 4.79 Å². The average Bonchev–Trinajstić information content (AvgIpc) is 2.69. The molecule has 1 amide bonds. The first-order chi connectivity index (χ1) is 12.7. The summed E-state index contributed by atoms with van der Waals surface area (Å²) in [6, 6.07) is 16.7. The summed E-state index contributed by atoms with van der Waals surface area (Å²) in [4.78, 5) is 12.1. The summed E-state index contributed by atoms with van der Waals surface area (Å²) in [5.41, 5.74) is 1.84. The van der Waals surface area contributed by atoms with Gasteiger partial charge in [0.2, 0.25) is 0 Å². The van der Waals surface area contributed by atoms with Gasteiger partial charge in [0.15, 0.2) is 0 Å². The van der Waals surface area contributed by atoms with Gasteiger partial charge in [0.25, 0.3) is 5.91 Å². The fourth-order valence-corrected chi connectivity index (χ4v) is 2.20. The van der Waals surface area contributed by atoms with Gasteiger partial charge in [-0.2, -0.15) is 5.26 Å². The number of carbonyl (C=O) groups is 1. The van der Waals surface area contributed by atoms with Crippen LogP contribution in [0.5, 0.6) is 11.5 Å². The van der Waals surface area contributed by atoms with Gasteiger partial charge in [-0.1, -0.05) is 12.1 Å². The lowest BCUT2D eigenvalue weighted by atomic mass is 10.1. The lowest BCUT2D eigenvalue weighted by Gasteiger charge is -2.07. The van der Waals surface area contributed by atoms with E-state index in [1.54, 1.807) is 38.5 Å². The van der Waals surface area contributed by atoms with Crippen molar-refractivity contribution in [3.63, 3.8) is 0 Å². The summed E-state index contributed by atoms with van der Waals surface area (Å²) < 4.78 is 10.2. The molecular weight excluding hydrogens is 330 g/mol. The van der Waals surface area contributed by atoms with Crippen molar-refractivity contribution in [1.29, 1.82) is 5.26 Å². The average molecular weight is 351 g/mol. The number of nitriles is 1. The number of benzene rings is 2. The number of ether oxygens (including phenoxy) is 2. The van der Waals surface area contributed by atoms with Crippen molar-refractivity contribution in [2.45, 2.75) is 6.42 Å². The quantitative estimate of drug-likeness (QED) is 0.564. The molecule has 0 heterocycles. The monoisotopic (exact) mass is 351 g/mol. The maximum absolute atomic E-state index is 12.1. The van der Waals surface area contributed by atoms with Gasteiger partial charge in [0, 0.05) is 18.4 Å². The van der Waals surface area contributed by atoms with E-state index in [-0.39, 0.29) is 5.57 Å². The molecule has 0 saturated heterocycles. The second-order valence-electron chi connectivity index (χ2n) is 5.40. The van der Waals surface area contributed by atoms with Crippen LogP contribution in [-0.4, -0.2) is 26.7 Å². The molecule has 26 heavy (non-hydrogen) atoms. The van der Waals surface area contributed by atoms with Crippen molar-refractivity contribution in [2.75, 3.05) is 26.1 Å². The first-order valence-electron chi connectivity index (χ1n) is 8.08. The summed E-state index contributed by atoms with van der Waals surface area (Å²) >= 11 is 0. The number of rotatable bonds is 8. The molecule has 0 unspecified atom stereocenters. The Hall–Kier alpha value is -3.46. The zero-order valence-corrected chi connectivity index (χ0v) is 14.8. The number of hydrogen-bond donors (Lipinski definition) is 2. The lowest BCUT2D eigenvalue weighted by Crippen LogP contribution is -2.27. The summed E-state index contributed by atoms with van der Waals surface area (Å²) in [7, 11) is 3.21. The molecule has 2 aromatic carbocycles. The van der Waals surface area contributed by atoms with E-state index in [1.165, 1.54) is 6.20 Å². The van der Waals surface area contributed by atoms with Gasteiger partial charge < -0.3 is 20.1 Å². The van der Waals surface area contributed by atoms with Crippen LogP contribution in [0.4, 0.5) is 5.69 Å². The molecule has 2 aromatic rings. The molecule has 2 N–H and O–H groups in total. The number of hydrogen-bond acceptors (Lipinski definition) is 5. The highest BCUT2D eigenvalue weighted by Gasteiger charge is 2.08. The van der Waals surface area contributed by atoms with Crippen LogP contribution in [0.15, 0.2) is 60.3 Å². The topological polar surface area (TPSA) is 83.4 Å². The molecule has 0 aliphatic rings. The molecule has 6 heteroatoms. The van der Waals surface area contributed by atoms with Crippen LogP contribution in [-0.2, 0) is 11.2 Å². The van der Waals surface area contributed by atoms with Crippen molar-refractivity contribution in [3.8, 4) is 17.6 Å². The normalized spacial score (nSPS) is 10.6. The van der Waals surface area contributed by atoms with Crippen molar-refractivity contribution in [1.82, 2.24) is 5.32 Å². The Labute approximate surface area is 153 Å². The summed E-state index contributed by atoms with van der Waals surface area (Å²) in [5.74, 6) is 1.11. The number of methoxy groups -OCH3 is 2. The molecule has 134 valence electrons. The van der Waals surface area contributed by atoms with Crippen molar-refractivity contribution < 1.29 is 14.3 Å². The molecule has 0 bridgehead atoms. The first kappa shape index (κ1) is 18.9. The van der Waals surface area contributed by atoms with Gasteiger partial charge in [0.1, 0.15) is 23.1 Å². The molecule has 0 fully saturated rings. The van der Waals surface area contributed by atoms with Gasteiger partial charge in [-0.05, 0) is 48.4 Å². The number of anilines is 1. The van der Waals surface area contributed by atoms with Gasteiger partial charge in [-0.25, -0.2) is 0 Å². The van der Waals surface area contributed by atoms with E-state index in [1.807, 2.05) is 30.3 Å². The van der Waals surface area contributed by atoms with Gasteiger partial charge in [0.05, 0.1) is 14.2 Å². The van der Waals surface area contributed by atoms with Gasteiger partial charge >= 0.3 is 0 Å². The van der Waals surface area contributed by atoms with Crippen molar-refractivity contribution >= 4 is 11.6 Å². The molecule has 2 rings (SSSR count). The third-order valence-electron chi connectivity index (χ3n) is 3.70. The van der Waals surface area contributed by atoms with E-state index in [0.29, 0.717) is 13.0 Å². The SMILES string of the molecule is COc1ccc(CCNC(=O)/C(C#N)=C\Nc2ccc(OC)cc2)cc1. The van der Waals surface area contributed by atoms with E-state index < -0.39 is 5.91 Å². The Bertz CT molecular complexity index is 791. The Kier molecular flexibility index (Phi) is 7.07. The Morgan fingerprint density at radius 3 is 2.15 bits per heavy atom. The molecule has 0 atom stereocenters. The fourth-order valence-electron chi connectivity index (χ4n) is 2.20. The molecule has 0 aromatic heterocycles. The van der Waals surface area contributed by atoms with Gasteiger partial charge in [-0.15, -0.1) is 0 Å². The molecule has 0 spiro atoms. The zero-order valence-electron chi connectivity index (χ0n) is 14.8. The minimum Gasteiger partial charge on any atom is -0.497 e. The smallest absolute Gasteiger partial charge is 0.263 e. The summed E-state index contributed by atoms with van der Waals surface area (Å²) in [5, 5.41) is 14.9. The molecular formula is C20H21N3O3. The predicted octanol–water partition coefficient (Wildman–Crippen LogP) is 2.88. The fraction of sp³-hybridized carbons (Fsp3) is 0.200. The standard InChI is InChI=1S/C20H21N3O3/c1-25-18-7-3-15(4-8-18)11-12-22-20(24)16(13-21)14-23-17-5-9-19(26-2)10-6-17/h3-10,14,23H,11-12H2,1-2H3,(H,22,24)/b16-14-. The predicted molar refractivity (Wildman–Crippen MR) is 100 cm³/mol. The van der Waals surface area contributed by atoms with Crippen LogP contribution < -0.4 is 20.1 Å². The highest BCUT2D eigenvalue weighted by Crippen LogP contribution is 2.15. The number of nitrogens with zero attached hydrogens (tertiary/aromatic N) is 1. The third-order valence-corrected chi connectivity index (χ3v) is 3.70. The first-order valence-corrected chi connectivity index (χ1v) is 8.08. The van der Waals surface area contributed by atoms with E-state index in [0.717, 1.165) is 22.7 Å². The maximum atomic E-state index is 12.1.